The zero-order chi connectivity index (χ0) is 21.3. The molecular formula is C19H10Cl2FN5O2S. The highest BCUT2D eigenvalue weighted by atomic mass is 35.5. The molecule has 0 unspecified atom stereocenters. The number of H-pyrrole nitrogens is 1. The SMILES string of the molecule is O=S(=O)(Nc1nccc(C#Cc2cnc3[nH]ncc3c2)c1F)c1cc(Cl)ccc1Cl. The molecule has 0 saturated carbocycles. The van der Waals surface area contributed by atoms with Crippen LogP contribution in [0.3, 0.4) is 0 Å². The van der Waals surface area contributed by atoms with Gasteiger partial charge in [0.1, 0.15) is 4.90 Å². The first kappa shape index (κ1) is 20.1. The predicted octanol–water partition coefficient (Wildman–Crippen LogP) is 4.00. The number of nitrogens with zero attached hydrogens (tertiary/aromatic N) is 3. The van der Waals surface area contributed by atoms with Crippen LogP contribution in [0.25, 0.3) is 11.0 Å². The fourth-order valence-corrected chi connectivity index (χ4v) is 4.29. The van der Waals surface area contributed by atoms with Crippen molar-refractivity contribution in [3.8, 4) is 11.8 Å². The van der Waals surface area contributed by atoms with Crippen LogP contribution >= 0.6 is 23.2 Å². The fourth-order valence-electron chi connectivity index (χ4n) is 2.52. The number of halogens is 3. The Labute approximate surface area is 180 Å². The van der Waals surface area contributed by atoms with E-state index in [9.17, 15) is 12.8 Å². The summed E-state index contributed by atoms with van der Waals surface area (Å²) in [4.78, 5) is 7.61. The van der Waals surface area contributed by atoms with E-state index in [4.69, 9.17) is 23.2 Å². The average molecular weight is 462 g/mol. The summed E-state index contributed by atoms with van der Waals surface area (Å²) in [6.07, 6.45) is 4.34. The summed E-state index contributed by atoms with van der Waals surface area (Å²) in [5, 5.41) is 7.44. The molecule has 0 spiro atoms. The Hall–Kier alpha value is -3.19. The molecule has 0 atom stereocenters. The molecule has 0 fully saturated rings. The summed E-state index contributed by atoms with van der Waals surface area (Å²) in [7, 11) is -4.23. The molecule has 0 saturated heterocycles. The molecule has 2 N–H and O–H groups in total. The van der Waals surface area contributed by atoms with E-state index >= 15 is 0 Å². The quantitative estimate of drug-likeness (QED) is 0.449. The summed E-state index contributed by atoms with van der Waals surface area (Å²) in [6, 6.07) is 6.99. The Morgan fingerprint density at radius 3 is 2.73 bits per heavy atom. The van der Waals surface area contributed by atoms with Gasteiger partial charge in [-0.25, -0.2) is 22.8 Å². The normalized spacial score (nSPS) is 11.2. The molecule has 0 aliphatic heterocycles. The van der Waals surface area contributed by atoms with Crippen LogP contribution < -0.4 is 4.72 Å². The average Bonchev–Trinajstić information content (AvgIpc) is 3.18. The number of hydrogen-bond donors (Lipinski definition) is 2. The molecule has 7 nitrogen and oxygen atoms in total. The van der Waals surface area contributed by atoms with Crippen molar-refractivity contribution in [2.24, 2.45) is 0 Å². The van der Waals surface area contributed by atoms with Crippen LogP contribution in [0.4, 0.5) is 10.2 Å². The number of fused-ring (bicyclic) bond motifs is 1. The maximum atomic E-state index is 14.8. The van der Waals surface area contributed by atoms with Crippen LogP contribution in [-0.2, 0) is 10.0 Å². The van der Waals surface area contributed by atoms with E-state index in [2.05, 4.69) is 36.7 Å². The molecule has 0 aliphatic carbocycles. The van der Waals surface area contributed by atoms with E-state index in [-0.39, 0.29) is 20.5 Å². The Bertz CT molecular complexity index is 1440. The first-order valence-electron chi connectivity index (χ1n) is 8.27. The number of aromatic nitrogens is 4. The van der Waals surface area contributed by atoms with Crippen molar-refractivity contribution in [3.63, 3.8) is 0 Å². The van der Waals surface area contributed by atoms with Crippen molar-refractivity contribution in [2.45, 2.75) is 4.90 Å². The highest BCUT2D eigenvalue weighted by molar-refractivity contribution is 7.92. The summed E-state index contributed by atoms with van der Waals surface area (Å²) in [5.74, 6) is 4.00. The van der Waals surface area contributed by atoms with E-state index in [1.807, 2.05) is 0 Å². The van der Waals surface area contributed by atoms with Gasteiger partial charge in [-0.15, -0.1) is 0 Å². The molecule has 0 bridgehead atoms. The lowest BCUT2D eigenvalue weighted by molar-refractivity contribution is 0.597. The number of anilines is 1. The minimum Gasteiger partial charge on any atom is -0.261 e. The lowest BCUT2D eigenvalue weighted by atomic mass is 10.2. The van der Waals surface area contributed by atoms with E-state index in [0.717, 1.165) is 11.5 Å². The lowest BCUT2D eigenvalue weighted by Gasteiger charge is -2.10. The Balaban J connectivity index is 1.66. The molecule has 150 valence electrons. The first-order chi connectivity index (χ1) is 14.3. The van der Waals surface area contributed by atoms with Gasteiger partial charge < -0.3 is 0 Å². The number of rotatable bonds is 3. The van der Waals surface area contributed by atoms with E-state index < -0.39 is 21.7 Å². The number of sulfonamides is 1. The van der Waals surface area contributed by atoms with Crippen LogP contribution in [-0.4, -0.2) is 28.6 Å². The molecule has 4 aromatic rings. The lowest BCUT2D eigenvalue weighted by Crippen LogP contribution is -2.16. The third-order valence-corrected chi connectivity index (χ3v) is 5.99. The Morgan fingerprint density at radius 1 is 1.07 bits per heavy atom. The van der Waals surface area contributed by atoms with Crippen molar-refractivity contribution < 1.29 is 12.8 Å². The number of benzene rings is 1. The van der Waals surface area contributed by atoms with E-state index in [1.165, 1.54) is 30.6 Å². The number of aromatic amines is 1. The van der Waals surface area contributed by atoms with Crippen molar-refractivity contribution in [1.82, 2.24) is 20.2 Å². The monoisotopic (exact) mass is 461 g/mol. The summed E-state index contributed by atoms with van der Waals surface area (Å²) >= 11 is 11.8. The second-order valence-corrected chi connectivity index (χ2v) is 8.48. The first-order valence-corrected chi connectivity index (χ1v) is 10.5. The molecule has 11 heteroatoms. The van der Waals surface area contributed by atoms with Crippen molar-refractivity contribution in [1.29, 1.82) is 0 Å². The predicted molar refractivity (Wildman–Crippen MR) is 111 cm³/mol. The van der Waals surface area contributed by atoms with Gasteiger partial charge in [-0.2, -0.15) is 5.10 Å². The van der Waals surface area contributed by atoms with Crippen molar-refractivity contribution in [2.75, 3.05) is 4.72 Å². The Morgan fingerprint density at radius 2 is 1.90 bits per heavy atom. The molecule has 1 aromatic carbocycles. The van der Waals surface area contributed by atoms with Crippen LogP contribution in [0, 0.1) is 17.7 Å². The van der Waals surface area contributed by atoms with Crippen LogP contribution in [0.1, 0.15) is 11.1 Å². The second-order valence-electron chi connectivity index (χ2n) is 5.98. The third kappa shape index (κ3) is 4.07. The van der Waals surface area contributed by atoms with E-state index in [1.54, 1.807) is 12.3 Å². The molecule has 4 rings (SSSR count). The molecule has 0 aliphatic rings. The smallest absolute Gasteiger partial charge is 0.261 e. The highest BCUT2D eigenvalue weighted by Gasteiger charge is 2.21. The van der Waals surface area contributed by atoms with Crippen LogP contribution in [0.2, 0.25) is 10.0 Å². The zero-order valence-corrected chi connectivity index (χ0v) is 17.1. The maximum Gasteiger partial charge on any atom is 0.264 e. The minimum atomic E-state index is -4.23. The van der Waals surface area contributed by atoms with Crippen molar-refractivity contribution >= 4 is 50.1 Å². The fraction of sp³-hybridized carbons (Fsp3) is 0. The number of pyridine rings is 2. The number of hydrogen-bond acceptors (Lipinski definition) is 5. The maximum absolute atomic E-state index is 14.8. The highest BCUT2D eigenvalue weighted by Crippen LogP contribution is 2.27. The van der Waals surface area contributed by atoms with Crippen molar-refractivity contribution in [3.05, 3.63) is 75.9 Å². The number of nitrogens with one attached hydrogen (secondary N) is 2. The minimum absolute atomic E-state index is 0.0489. The van der Waals surface area contributed by atoms with Gasteiger partial charge in [0.15, 0.2) is 17.3 Å². The van der Waals surface area contributed by atoms with Gasteiger partial charge in [0.05, 0.1) is 16.8 Å². The molecule has 0 amide bonds. The van der Waals surface area contributed by atoms with Gasteiger partial charge in [-0.1, -0.05) is 35.0 Å². The van der Waals surface area contributed by atoms with Gasteiger partial charge in [0.2, 0.25) is 0 Å². The van der Waals surface area contributed by atoms with Crippen LogP contribution in [0.5, 0.6) is 0 Å². The molecular weight excluding hydrogens is 452 g/mol. The standard InChI is InChI=1S/C19H10Cl2FN5O2S/c20-14-3-4-15(21)16(8-14)30(28,29)27-19-17(22)12(5-6-23-19)2-1-11-7-13-10-25-26-18(13)24-9-11/h3-10H,(H,23,27)(H,24,25,26). The van der Waals surface area contributed by atoms with Gasteiger partial charge in [-0.05, 0) is 30.3 Å². The summed E-state index contributed by atoms with van der Waals surface area (Å²) < 4.78 is 42.1. The van der Waals surface area contributed by atoms with Gasteiger partial charge in [0.25, 0.3) is 10.0 Å². The Kier molecular flexibility index (Phi) is 5.30. The molecule has 30 heavy (non-hydrogen) atoms. The third-order valence-electron chi connectivity index (χ3n) is 3.94. The topological polar surface area (TPSA) is 101 Å². The summed E-state index contributed by atoms with van der Waals surface area (Å²) in [6.45, 7) is 0. The second kappa shape index (κ2) is 7.91. The zero-order valence-electron chi connectivity index (χ0n) is 14.8. The molecule has 3 aromatic heterocycles. The summed E-state index contributed by atoms with van der Waals surface area (Å²) in [5.41, 5.74) is 1.09. The molecule has 0 radical (unpaired) electrons. The van der Waals surface area contributed by atoms with Gasteiger partial charge in [-0.3, -0.25) is 9.82 Å². The largest absolute Gasteiger partial charge is 0.264 e. The van der Waals surface area contributed by atoms with Gasteiger partial charge >= 0.3 is 0 Å². The van der Waals surface area contributed by atoms with Crippen LogP contribution in [0.15, 0.2) is 53.8 Å². The van der Waals surface area contributed by atoms with Gasteiger partial charge in [0, 0.05) is 28.4 Å². The van der Waals surface area contributed by atoms with E-state index in [0.29, 0.717) is 11.2 Å². The molecule has 3 heterocycles.